The predicted octanol–water partition coefficient (Wildman–Crippen LogP) is 5.09. The summed E-state index contributed by atoms with van der Waals surface area (Å²) in [7, 11) is 0. The third-order valence-corrected chi connectivity index (χ3v) is 6.30. The number of nitrogens with zero attached hydrogens (tertiary/aromatic N) is 1. The minimum atomic E-state index is -0.108. The molecule has 1 amide bonds. The highest BCUT2D eigenvalue weighted by atomic mass is 35.5. The van der Waals surface area contributed by atoms with Crippen molar-refractivity contribution in [2.45, 2.75) is 6.92 Å². The van der Waals surface area contributed by atoms with Gasteiger partial charge in [0.25, 0.3) is 0 Å². The standard InChI is InChI=1S/C23H21ClN2O3S/c1-15(27)25-19-8-4-16(5-9-19)20-14-21(22(28)17-2-6-18(24)7-3-17)30-23(20)26-10-12-29-13-11-26/h2-9,14H,10-13H2,1H3,(H,25,27). The number of nitrogens with one attached hydrogen (secondary N) is 1. The molecule has 7 heteroatoms. The SMILES string of the molecule is CC(=O)Nc1ccc(-c2cc(C(=O)c3ccc(Cl)cc3)sc2N2CCOCC2)cc1. The minimum absolute atomic E-state index is 0.0210. The molecule has 2 aromatic carbocycles. The van der Waals surface area contributed by atoms with Crippen molar-refractivity contribution in [3.63, 3.8) is 0 Å². The Balaban J connectivity index is 1.71. The molecule has 0 spiro atoms. The van der Waals surface area contributed by atoms with Crippen molar-refractivity contribution in [2.24, 2.45) is 0 Å². The van der Waals surface area contributed by atoms with Crippen molar-refractivity contribution in [1.82, 2.24) is 0 Å². The first kappa shape index (κ1) is 20.6. The molecular weight excluding hydrogens is 420 g/mol. The van der Waals surface area contributed by atoms with Crippen molar-refractivity contribution < 1.29 is 14.3 Å². The maximum Gasteiger partial charge on any atom is 0.221 e. The van der Waals surface area contributed by atoms with Crippen molar-refractivity contribution in [3.05, 3.63) is 70.1 Å². The number of halogens is 1. The molecule has 1 N–H and O–H groups in total. The predicted molar refractivity (Wildman–Crippen MR) is 122 cm³/mol. The number of thiophene rings is 1. The third kappa shape index (κ3) is 4.56. The summed E-state index contributed by atoms with van der Waals surface area (Å²) in [6.45, 7) is 4.38. The molecule has 0 radical (unpaired) electrons. The van der Waals surface area contributed by atoms with Crippen LogP contribution in [0.4, 0.5) is 10.7 Å². The maximum absolute atomic E-state index is 13.1. The van der Waals surface area contributed by atoms with E-state index in [-0.39, 0.29) is 11.7 Å². The number of morpholine rings is 1. The number of carbonyl (C=O) groups excluding carboxylic acids is 2. The number of hydrogen-bond acceptors (Lipinski definition) is 5. The van der Waals surface area contributed by atoms with E-state index in [0.29, 0.717) is 28.7 Å². The normalized spacial score (nSPS) is 13.9. The number of carbonyl (C=O) groups is 2. The molecule has 5 nitrogen and oxygen atoms in total. The number of ketones is 1. The Morgan fingerprint density at radius 2 is 1.70 bits per heavy atom. The molecule has 3 aromatic rings. The molecule has 1 fully saturated rings. The average molecular weight is 441 g/mol. The van der Waals surface area contributed by atoms with E-state index in [4.69, 9.17) is 16.3 Å². The zero-order valence-corrected chi connectivity index (χ0v) is 18.1. The fourth-order valence-electron chi connectivity index (χ4n) is 3.38. The van der Waals surface area contributed by atoms with Gasteiger partial charge in [0, 0.05) is 41.9 Å². The summed E-state index contributed by atoms with van der Waals surface area (Å²) in [4.78, 5) is 27.3. The highest BCUT2D eigenvalue weighted by Crippen LogP contribution is 2.40. The number of rotatable bonds is 5. The number of ether oxygens (including phenoxy) is 1. The zero-order chi connectivity index (χ0) is 21.1. The first-order valence-corrected chi connectivity index (χ1v) is 10.9. The van der Waals surface area contributed by atoms with Gasteiger partial charge < -0.3 is 15.0 Å². The van der Waals surface area contributed by atoms with E-state index in [1.807, 2.05) is 30.3 Å². The average Bonchev–Trinajstić information content (AvgIpc) is 3.20. The Bertz CT molecular complexity index is 1060. The van der Waals surface area contributed by atoms with Gasteiger partial charge in [-0.2, -0.15) is 0 Å². The van der Waals surface area contributed by atoms with Crippen LogP contribution in [0.5, 0.6) is 0 Å². The van der Waals surface area contributed by atoms with E-state index in [1.165, 1.54) is 18.3 Å². The molecule has 1 saturated heterocycles. The van der Waals surface area contributed by atoms with Crippen LogP contribution in [0.25, 0.3) is 11.1 Å². The molecule has 1 aromatic heterocycles. The van der Waals surface area contributed by atoms with Gasteiger partial charge in [-0.1, -0.05) is 23.7 Å². The zero-order valence-electron chi connectivity index (χ0n) is 16.5. The van der Waals surface area contributed by atoms with Crippen LogP contribution < -0.4 is 10.2 Å². The highest BCUT2D eigenvalue weighted by Gasteiger charge is 2.22. The van der Waals surface area contributed by atoms with Gasteiger partial charge in [-0.15, -0.1) is 11.3 Å². The fourth-order valence-corrected chi connectivity index (χ4v) is 4.70. The highest BCUT2D eigenvalue weighted by molar-refractivity contribution is 7.18. The van der Waals surface area contributed by atoms with E-state index in [2.05, 4.69) is 10.2 Å². The van der Waals surface area contributed by atoms with E-state index < -0.39 is 0 Å². The van der Waals surface area contributed by atoms with Gasteiger partial charge in [0.05, 0.1) is 23.1 Å². The maximum atomic E-state index is 13.1. The van der Waals surface area contributed by atoms with Crippen LogP contribution in [0.1, 0.15) is 22.2 Å². The molecule has 1 aliphatic rings. The lowest BCUT2D eigenvalue weighted by molar-refractivity contribution is -0.114. The molecule has 0 unspecified atom stereocenters. The Morgan fingerprint density at radius 1 is 1.03 bits per heavy atom. The Hall–Kier alpha value is -2.67. The number of amides is 1. The fraction of sp³-hybridized carbons (Fsp3) is 0.217. The van der Waals surface area contributed by atoms with Gasteiger partial charge in [-0.05, 0) is 48.0 Å². The van der Waals surface area contributed by atoms with E-state index >= 15 is 0 Å². The van der Waals surface area contributed by atoms with Gasteiger partial charge in [0.15, 0.2) is 0 Å². The van der Waals surface area contributed by atoms with Gasteiger partial charge in [-0.25, -0.2) is 0 Å². The van der Waals surface area contributed by atoms with Crippen LogP contribution in [-0.2, 0) is 9.53 Å². The number of benzene rings is 2. The summed E-state index contributed by atoms with van der Waals surface area (Å²) in [5.74, 6) is -0.129. The van der Waals surface area contributed by atoms with Crippen molar-refractivity contribution >= 4 is 45.3 Å². The van der Waals surface area contributed by atoms with Crippen LogP contribution in [0.15, 0.2) is 54.6 Å². The molecular formula is C23H21ClN2O3S. The van der Waals surface area contributed by atoms with Gasteiger partial charge in [-0.3, -0.25) is 9.59 Å². The minimum Gasteiger partial charge on any atom is -0.378 e. The van der Waals surface area contributed by atoms with Crippen molar-refractivity contribution in [1.29, 1.82) is 0 Å². The van der Waals surface area contributed by atoms with Crippen LogP contribution >= 0.6 is 22.9 Å². The number of anilines is 2. The van der Waals surface area contributed by atoms with Gasteiger partial charge in [0.1, 0.15) is 0 Å². The largest absolute Gasteiger partial charge is 0.378 e. The molecule has 154 valence electrons. The summed E-state index contributed by atoms with van der Waals surface area (Å²) in [6.07, 6.45) is 0. The lowest BCUT2D eigenvalue weighted by atomic mass is 10.0. The van der Waals surface area contributed by atoms with Crippen molar-refractivity contribution in [2.75, 3.05) is 36.5 Å². The molecule has 0 atom stereocenters. The van der Waals surface area contributed by atoms with Gasteiger partial charge >= 0.3 is 0 Å². The summed E-state index contributed by atoms with van der Waals surface area (Å²) >= 11 is 7.47. The lowest BCUT2D eigenvalue weighted by Gasteiger charge is -2.28. The topological polar surface area (TPSA) is 58.6 Å². The Morgan fingerprint density at radius 3 is 2.33 bits per heavy atom. The molecule has 0 aliphatic carbocycles. The van der Waals surface area contributed by atoms with Crippen LogP contribution in [0, 0.1) is 0 Å². The second kappa shape index (κ2) is 9.00. The van der Waals surface area contributed by atoms with Gasteiger partial charge in [0.2, 0.25) is 11.7 Å². The third-order valence-electron chi connectivity index (χ3n) is 4.86. The Kier molecular flexibility index (Phi) is 6.18. The number of hydrogen-bond donors (Lipinski definition) is 1. The monoisotopic (exact) mass is 440 g/mol. The molecule has 0 saturated carbocycles. The summed E-state index contributed by atoms with van der Waals surface area (Å²) in [5.41, 5.74) is 3.36. The van der Waals surface area contributed by atoms with E-state index in [0.717, 1.165) is 34.9 Å². The van der Waals surface area contributed by atoms with Crippen LogP contribution in [0.2, 0.25) is 5.02 Å². The smallest absolute Gasteiger partial charge is 0.221 e. The summed E-state index contributed by atoms with van der Waals surface area (Å²) in [5, 5.41) is 4.44. The molecule has 4 rings (SSSR count). The van der Waals surface area contributed by atoms with Crippen molar-refractivity contribution in [3.8, 4) is 11.1 Å². The first-order chi connectivity index (χ1) is 14.5. The summed E-state index contributed by atoms with van der Waals surface area (Å²) in [6, 6.07) is 16.6. The molecule has 2 heterocycles. The second-order valence-corrected chi connectivity index (χ2v) is 8.49. The first-order valence-electron chi connectivity index (χ1n) is 9.66. The van der Waals surface area contributed by atoms with E-state index in [1.54, 1.807) is 24.3 Å². The van der Waals surface area contributed by atoms with E-state index in [9.17, 15) is 9.59 Å². The Labute approximate surface area is 184 Å². The quantitative estimate of drug-likeness (QED) is 0.561. The summed E-state index contributed by atoms with van der Waals surface area (Å²) < 4.78 is 5.50. The second-order valence-electron chi connectivity index (χ2n) is 7.02. The molecule has 1 aliphatic heterocycles. The van der Waals surface area contributed by atoms with Crippen LogP contribution in [0.3, 0.4) is 0 Å². The lowest BCUT2D eigenvalue weighted by Crippen LogP contribution is -2.35. The van der Waals surface area contributed by atoms with Crippen LogP contribution in [-0.4, -0.2) is 38.0 Å². The molecule has 0 bridgehead atoms. The molecule has 30 heavy (non-hydrogen) atoms.